The van der Waals surface area contributed by atoms with Gasteiger partial charge in [-0.15, -0.1) is 13.2 Å². The number of hydrogen-bond acceptors (Lipinski definition) is 6. The van der Waals surface area contributed by atoms with E-state index in [0.29, 0.717) is 25.5 Å². The van der Waals surface area contributed by atoms with E-state index in [0.717, 1.165) is 29.1 Å². The minimum atomic E-state index is -4.70. The number of ether oxygens (including phenoxy) is 1. The van der Waals surface area contributed by atoms with Gasteiger partial charge in [0.2, 0.25) is 5.95 Å². The molecule has 0 saturated carbocycles. The first kappa shape index (κ1) is 22.1. The number of alkyl halides is 3. The van der Waals surface area contributed by atoms with Gasteiger partial charge < -0.3 is 20.1 Å². The lowest BCUT2D eigenvalue weighted by Crippen LogP contribution is -2.33. The van der Waals surface area contributed by atoms with E-state index in [1.54, 1.807) is 6.07 Å². The van der Waals surface area contributed by atoms with Crippen LogP contribution in [0.4, 0.5) is 24.9 Å². The number of aliphatic hydroxyl groups excluding tert-OH is 1. The minimum Gasteiger partial charge on any atom is -0.406 e. The molecule has 0 saturated heterocycles. The maximum absolute atomic E-state index is 12.5. The molecule has 0 aliphatic carbocycles. The molecule has 1 aromatic carbocycles. The molecule has 30 heavy (non-hydrogen) atoms. The summed E-state index contributed by atoms with van der Waals surface area (Å²) >= 11 is 0. The highest BCUT2D eigenvalue weighted by molar-refractivity contribution is 5.49. The number of halogens is 3. The predicted octanol–water partition coefficient (Wildman–Crippen LogP) is 3.93. The molecule has 0 spiro atoms. The molecule has 9 heteroatoms. The molecule has 0 radical (unpaired) electrons. The van der Waals surface area contributed by atoms with Crippen LogP contribution in [0.2, 0.25) is 0 Å². The van der Waals surface area contributed by atoms with Crippen LogP contribution in [-0.4, -0.2) is 40.6 Å². The summed E-state index contributed by atoms with van der Waals surface area (Å²) in [5.74, 6) is 1.24. The molecule has 0 bridgehead atoms. The van der Waals surface area contributed by atoms with E-state index in [1.165, 1.54) is 12.1 Å². The van der Waals surface area contributed by atoms with Crippen molar-refractivity contribution in [2.24, 2.45) is 5.92 Å². The average molecular weight is 424 g/mol. The third kappa shape index (κ3) is 5.53. The minimum absolute atomic E-state index is 0.0217. The molecular weight excluding hydrogens is 397 g/mol. The van der Waals surface area contributed by atoms with Gasteiger partial charge in [0.25, 0.3) is 0 Å². The van der Waals surface area contributed by atoms with Gasteiger partial charge in [0.1, 0.15) is 11.6 Å². The Bertz CT molecular complexity index is 874. The zero-order valence-electron chi connectivity index (χ0n) is 17.3. The second-order valence-electron chi connectivity index (χ2n) is 7.72. The summed E-state index contributed by atoms with van der Waals surface area (Å²) in [5, 5.41) is 12.8. The van der Waals surface area contributed by atoms with Crippen LogP contribution < -0.4 is 15.0 Å². The van der Waals surface area contributed by atoms with E-state index >= 15 is 0 Å². The fraction of sp³-hybridized carbons (Fsp3) is 0.524. The van der Waals surface area contributed by atoms with Gasteiger partial charge in [-0.3, -0.25) is 0 Å². The van der Waals surface area contributed by atoms with Gasteiger partial charge in [0.15, 0.2) is 0 Å². The predicted molar refractivity (Wildman–Crippen MR) is 109 cm³/mol. The third-order valence-electron chi connectivity index (χ3n) is 5.19. The van der Waals surface area contributed by atoms with Crippen LogP contribution in [0.5, 0.6) is 5.75 Å². The second-order valence-corrected chi connectivity index (χ2v) is 7.72. The number of aliphatic hydroxyl groups is 1. The number of aryl methyl sites for hydroxylation is 1. The number of aromatic nitrogens is 2. The monoisotopic (exact) mass is 424 g/mol. The molecule has 0 amide bonds. The van der Waals surface area contributed by atoms with Crippen LogP contribution in [0.15, 0.2) is 24.3 Å². The van der Waals surface area contributed by atoms with Gasteiger partial charge in [-0.2, -0.15) is 4.98 Å². The highest BCUT2D eigenvalue weighted by Crippen LogP contribution is 2.30. The van der Waals surface area contributed by atoms with Crippen molar-refractivity contribution in [3.63, 3.8) is 0 Å². The first-order valence-electron chi connectivity index (χ1n) is 10.1. The molecule has 2 aromatic rings. The van der Waals surface area contributed by atoms with E-state index in [9.17, 15) is 18.3 Å². The zero-order valence-corrected chi connectivity index (χ0v) is 17.3. The number of benzene rings is 1. The molecule has 1 aromatic heterocycles. The average Bonchev–Trinajstić information content (AvgIpc) is 2.69. The third-order valence-corrected chi connectivity index (χ3v) is 5.19. The highest BCUT2D eigenvalue weighted by atomic mass is 19.4. The molecule has 3 rings (SSSR count). The van der Waals surface area contributed by atoms with E-state index in [1.807, 2.05) is 26.8 Å². The Morgan fingerprint density at radius 3 is 2.60 bits per heavy atom. The van der Waals surface area contributed by atoms with Crippen molar-refractivity contribution < 1.29 is 23.0 Å². The van der Waals surface area contributed by atoms with Gasteiger partial charge in [0.05, 0.1) is 12.6 Å². The van der Waals surface area contributed by atoms with Gasteiger partial charge in [-0.1, -0.05) is 26.8 Å². The molecule has 1 atom stereocenters. The van der Waals surface area contributed by atoms with Crippen molar-refractivity contribution in [1.29, 1.82) is 0 Å². The molecule has 0 unspecified atom stereocenters. The van der Waals surface area contributed by atoms with Gasteiger partial charge in [-0.25, -0.2) is 4.98 Å². The molecule has 6 nitrogen and oxygen atoms in total. The Morgan fingerprint density at radius 1 is 1.20 bits per heavy atom. The smallest absolute Gasteiger partial charge is 0.406 e. The number of rotatable bonds is 7. The van der Waals surface area contributed by atoms with Crippen LogP contribution in [0.3, 0.4) is 0 Å². The summed E-state index contributed by atoms with van der Waals surface area (Å²) < 4.78 is 41.4. The second kappa shape index (κ2) is 9.07. The number of hydrogen-bond donors (Lipinski definition) is 2. The van der Waals surface area contributed by atoms with Crippen LogP contribution in [0, 0.1) is 5.92 Å². The molecular formula is C21H27F3N4O2. The Balaban J connectivity index is 1.81. The quantitative estimate of drug-likeness (QED) is 0.702. The maximum Gasteiger partial charge on any atom is 0.573 e. The zero-order chi connectivity index (χ0) is 21.9. The van der Waals surface area contributed by atoms with Crippen molar-refractivity contribution in [2.45, 2.75) is 52.6 Å². The van der Waals surface area contributed by atoms with Gasteiger partial charge in [-0.05, 0) is 42.0 Å². The molecule has 0 fully saturated rings. The largest absolute Gasteiger partial charge is 0.573 e. The topological polar surface area (TPSA) is 70.5 Å². The number of fused-ring (bicyclic) bond motifs is 1. The lowest BCUT2D eigenvalue weighted by atomic mass is 9.99. The van der Waals surface area contributed by atoms with Gasteiger partial charge in [0, 0.05) is 24.8 Å². The summed E-state index contributed by atoms with van der Waals surface area (Å²) in [6, 6.07) is 6.25. The summed E-state index contributed by atoms with van der Waals surface area (Å²) in [5.41, 5.74) is 2.66. The number of anilines is 2. The lowest BCUT2D eigenvalue weighted by Gasteiger charge is -2.31. The molecule has 164 valence electrons. The van der Waals surface area contributed by atoms with Crippen LogP contribution in [0.25, 0.3) is 0 Å². The van der Waals surface area contributed by atoms with E-state index < -0.39 is 6.36 Å². The van der Waals surface area contributed by atoms with Crippen LogP contribution >= 0.6 is 0 Å². The highest BCUT2D eigenvalue weighted by Gasteiger charge is 2.31. The summed E-state index contributed by atoms with van der Waals surface area (Å²) in [7, 11) is 0. The van der Waals surface area contributed by atoms with E-state index in [2.05, 4.69) is 24.9 Å². The Labute approximate surface area is 174 Å². The fourth-order valence-electron chi connectivity index (χ4n) is 3.40. The SMILES string of the molecule is CCc1cc(N2CCc3cc(OC(F)(F)F)ccc3C2)nc(N[C@@H](CO)C(C)C)n1. The Morgan fingerprint density at radius 2 is 1.97 bits per heavy atom. The van der Waals surface area contributed by atoms with E-state index in [4.69, 9.17) is 0 Å². The first-order valence-corrected chi connectivity index (χ1v) is 10.1. The molecule has 2 heterocycles. The molecule has 2 N–H and O–H groups in total. The normalized spacial score (nSPS) is 15.1. The van der Waals surface area contributed by atoms with Gasteiger partial charge >= 0.3 is 6.36 Å². The molecule has 1 aliphatic rings. The fourth-order valence-corrected chi connectivity index (χ4v) is 3.40. The molecule has 1 aliphatic heterocycles. The maximum atomic E-state index is 12.5. The van der Waals surface area contributed by atoms with Crippen molar-refractivity contribution in [1.82, 2.24) is 9.97 Å². The lowest BCUT2D eigenvalue weighted by molar-refractivity contribution is -0.274. The van der Waals surface area contributed by atoms with Crippen molar-refractivity contribution in [3.8, 4) is 5.75 Å². The van der Waals surface area contributed by atoms with Crippen molar-refractivity contribution in [3.05, 3.63) is 41.1 Å². The van der Waals surface area contributed by atoms with E-state index in [-0.39, 0.29) is 24.3 Å². The summed E-state index contributed by atoms with van der Waals surface area (Å²) in [6.45, 7) is 7.17. The summed E-state index contributed by atoms with van der Waals surface area (Å²) in [4.78, 5) is 11.2. The number of nitrogens with one attached hydrogen (secondary N) is 1. The first-order chi connectivity index (χ1) is 14.2. The number of nitrogens with zero attached hydrogens (tertiary/aromatic N) is 3. The Kier molecular flexibility index (Phi) is 6.70. The van der Waals surface area contributed by atoms with Crippen LogP contribution in [0.1, 0.15) is 37.6 Å². The van der Waals surface area contributed by atoms with Crippen molar-refractivity contribution in [2.75, 3.05) is 23.4 Å². The summed E-state index contributed by atoms with van der Waals surface area (Å²) in [6.07, 6.45) is -3.37. The Hall–Kier alpha value is -2.55. The standard InChI is InChI=1S/C21H27F3N4O2/c1-4-16-10-19(27-20(25-16)26-18(12-29)13(2)3)28-8-7-14-9-17(30-21(22,23)24)6-5-15(14)11-28/h5-6,9-10,13,18,29H,4,7-8,11-12H2,1-3H3,(H,25,26,27)/t18-/m0/s1. The van der Waals surface area contributed by atoms with Crippen LogP contribution in [-0.2, 0) is 19.4 Å². The van der Waals surface area contributed by atoms with Crippen molar-refractivity contribution >= 4 is 11.8 Å².